The summed E-state index contributed by atoms with van der Waals surface area (Å²) in [5.41, 5.74) is 0.471. The number of hydrogen-bond acceptors (Lipinski definition) is 5. The minimum atomic E-state index is -3.00. The molecule has 0 radical (unpaired) electrons. The van der Waals surface area contributed by atoms with Gasteiger partial charge in [-0.3, -0.25) is 4.79 Å². The van der Waals surface area contributed by atoms with Gasteiger partial charge in [-0.25, -0.2) is 8.42 Å². The van der Waals surface area contributed by atoms with E-state index in [2.05, 4.69) is 5.32 Å². The third-order valence-corrected chi connectivity index (χ3v) is 5.89. The molecule has 2 saturated heterocycles. The molecule has 1 N–H and O–H groups in total. The number of carbonyl (C=O) groups is 1. The zero-order valence-corrected chi connectivity index (χ0v) is 13.7. The molecular weight excluding hydrogens is 318 g/mol. The summed E-state index contributed by atoms with van der Waals surface area (Å²) in [6.07, 6.45) is 2.65. The molecule has 0 aromatic heterocycles. The van der Waals surface area contributed by atoms with Gasteiger partial charge in [0, 0.05) is 18.2 Å². The zero-order valence-electron chi connectivity index (χ0n) is 12.9. The zero-order chi connectivity index (χ0) is 16.3. The van der Waals surface area contributed by atoms with Crippen molar-refractivity contribution < 1.29 is 22.7 Å². The van der Waals surface area contributed by atoms with Gasteiger partial charge in [-0.1, -0.05) is 6.07 Å². The molecule has 6 nitrogen and oxygen atoms in total. The van der Waals surface area contributed by atoms with Crippen LogP contribution in [0.2, 0.25) is 0 Å². The summed E-state index contributed by atoms with van der Waals surface area (Å²) in [5.74, 6) is 0.512. The SMILES string of the molecule is O=C(N[C@@H]1CCS(=O)(=O)C1)c1cccc(OC[C@H]2CCCO2)c1. The fourth-order valence-corrected chi connectivity index (χ4v) is 4.54. The Bertz CT molecular complexity index is 667. The number of ether oxygens (including phenoxy) is 2. The van der Waals surface area contributed by atoms with E-state index in [0.717, 1.165) is 19.4 Å². The standard InChI is InChI=1S/C16H21NO5S/c18-16(17-13-6-8-23(19,20)11-13)12-3-1-4-14(9-12)22-10-15-5-2-7-21-15/h1,3-4,9,13,15H,2,5-8,10-11H2,(H,17,18)/t13-,15-/m1/s1. The van der Waals surface area contributed by atoms with E-state index in [1.54, 1.807) is 24.3 Å². The van der Waals surface area contributed by atoms with Crippen molar-refractivity contribution in [2.24, 2.45) is 0 Å². The number of rotatable bonds is 5. The second-order valence-corrected chi connectivity index (χ2v) is 8.28. The molecule has 0 aliphatic carbocycles. The van der Waals surface area contributed by atoms with Gasteiger partial charge in [-0.2, -0.15) is 0 Å². The lowest BCUT2D eigenvalue weighted by atomic mass is 10.1. The van der Waals surface area contributed by atoms with Crippen LogP contribution in [-0.2, 0) is 14.6 Å². The smallest absolute Gasteiger partial charge is 0.251 e. The van der Waals surface area contributed by atoms with E-state index in [1.807, 2.05) is 0 Å². The van der Waals surface area contributed by atoms with Crippen molar-refractivity contribution in [3.63, 3.8) is 0 Å². The van der Waals surface area contributed by atoms with Crippen LogP contribution in [0, 0.1) is 0 Å². The summed E-state index contributed by atoms with van der Waals surface area (Å²) in [4.78, 5) is 12.2. The first kappa shape index (κ1) is 16.3. The highest BCUT2D eigenvalue weighted by molar-refractivity contribution is 7.91. The molecule has 0 bridgehead atoms. The first-order valence-corrected chi connectivity index (χ1v) is 9.70. The number of nitrogens with one attached hydrogen (secondary N) is 1. The van der Waals surface area contributed by atoms with Crippen molar-refractivity contribution in [1.82, 2.24) is 5.32 Å². The van der Waals surface area contributed by atoms with Crippen molar-refractivity contribution in [1.29, 1.82) is 0 Å². The first-order chi connectivity index (χ1) is 11.0. The number of hydrogen-bond donors (Lipinski definition) is 1. The van der Waals surface area contributed by atoms with E-state index in [1.165, 1.54) is 0 Å². The van der Waals surface area contributed by atoms with E-state index in [-0.39, 0.29) is 29.6 Å². The van der Waals surface area contributed by atoms with E-state index < -0.39 is 9.84 Å². The second-order valence-electron chi connectivity index (χ2n) is 6.05. The van der Waals surface area contributed by atoms with Crippen LogP contribution in [-0.4, -0.2) is 51.2 Å². The van der Waals surface area contributed by atoms with Crippen molar-refractivity contribution in [3.8, 4) is 5.75 Å². The summed E-state index contributed by atoms with van der Waals surface area (Å²) in [6, 6.07) is 6.62. The molecule has 3 rings (SSSR count). The predicted molar refractivity (Wildman–Crippen MR) is 85.4 cm³/mol. The molecule has 1 amide bonds. The summed E-state index contributed by atoms with van der Waals surface area (Å²) in [6.45, 7) is 1.26. The number of amides is 1. The maximum atomic E-state index is 12.2. The summed E-state index contributed by atoms with van der Waals surface area (Å²) < 4.78 is 34.1. The molecule has 2 aliphatic rings. The van der Waals surface area contributed by atoms with Crippen LogP contribution >= 0.6 is 0 Å². The Morgan fingerprint density at radius 3 is 2.91 bits per heavy atom. The summed E-state index contributed by atoms with van der Waals surface area (Å²) in [5, 5.41) is 2.78. The average Bonchev–Trinajstić information content (AvgIpc) is 3.15. The topological polar surface area (TPSA) is 81.7 Å². The molecular formula is C16H21NO5S. The average molecular weight is 339 g/mol. The highest BCUT2D eigenvalue weighted by atomic mass is 32.2. The largest absolute Gasteiger partial charge is 0.491 e. The molecule has 2 heterocycles. The van der Waals surface area contributed by atoms with Crippen LogP contribution in [0.4, 0.5) is 0 Å². The molecule has 2 fully saturated rings. The molecule has 1 aromatic carbocycles. The van der Waals surface area contributed by atoms with E-state index in [9.17, 15) is 13.2 Å². The molecule has 0 unspecified atom stereocenters. The lowest BCUT2D eigenvalue weighted by Gasteiger charge is -2.13. The second kappa shape index (κ2) is 6.88. The molecule has 0 spiro atoms. The molecule has 2 aliphatic heterocycles. The van der Waals surface area contributed by atoms with Crippen molar-refractivity contribution in [3.05, 3.63) is 29.8 Å². The third kappa shape index (κ3) is 4.45. The van der Waals surface area contributed by atoms with Crippen LogP contribution in [0.3, 0.4) is 0 Å². The van der Waals surface area contributed by atoms with E-state index in [4.69, 9.17) is 9.47 Å². The first-order valence-electron chi connectivity index (χ1n) is 7.88. The Hall–Kier alpha value is -1.60. The fourth-order valence-electron chi connectivity index (χ4n) is 2.87. The van der Waals surface area contributed by atoms with Gasteiger partial charge in [0.15, 0.2) is 9.84 Å². The highest BCUT2D eigenvalue weighted by Crippen LogP contribution is 2.18. The van der Waals surface area contributed by atoms with E-state index in [0.29, 0.717) is 24.3 Å². The predicted octanol–water partition coefficient (Wildman–Crippen LogP) is 1.16. The third-order valence-electron chi connectivity index (χ3n) is 4.12. The van der Waals surface area contributed by atoms with Crippen LogP contribution in [0.5, 0.6) is 5.75 Å². The summed E-state index contributed by atoms with van der Waals surface area (Å²) in [7, 11) is -3.00. The quantitative estimate of drug-likeness (QED) is 0.871. The van der Waals surface area contributed by atoms with Gasteiger partial charge >= 0.3 is 0 Å². The van der Waals surface area contributed by atoms with Gasteiger partial charge in [-0.15, -0.1) is 0 Å². The molecule has 0 saturated carbocycles. The van der Waals surface area contributed by atoms with Gasteiger partial charge in [0.2, 0.25) is 0 Å². The highest BCUT2D eigenvalue weighted by Gasteiger charge is 2.29. The maximum absolute atomic E-state index is 12.2. The normalized spacial score (nSPS) is 26.1. The number of carbonyl (C=O) groups excluding carboxylic acids is 1. The summed E-state index contributed by atoms with van der Waals surface area (Å²) >= 11 is 0. The Kier molecular flexibility index (Phi) is 4.87. The van der Waals surface area contributed by atoms with Crippen LogP contribution in [0.15, 0.2) is 24.3 Å². The van der Waals surface area contributed by atoms with Gasteiger partial charge in [0.1, 0.15) is 12.4 Å². The Morgan fingerprint density at radius 2 is 2.22 bits per heavy atom. The minimum Gasteiger partial charge on any atom is -0.491 e. The Morgan fingerprint density at radius 1 is 1.35 bits per heavy atom. The molecule has 1 aromatic rings. The van der Waals surface area contributed by atoms with Crippen LogP contribution in [0.1, 0.15) is 29.6 Å². The Balaban J connectivity index is 1.56. The Labute approximate surface area is 136 Å². The molecule has 7 heteroatoms. The van der Waals surface area contributed by atoms with Gasteiger partial charge < -0.3 is 14.8 Å². The molecule has 126 valence electrons. The molecule has 23 heavy (non-hydrogen) atoms. The maximum Gasteiger partial charge on any atom is 0.251 e. The molecule has 2 atom stereocenters. The van der Waals surface area contributed by atoms with Gasteiger partial charge in [-0.05, 0) is 37.5 Å². The monoisotopic (exact) mass is 339 g/mol. The fraction of sp³-hybridized carbons (Fsp3) is 0.562. The van der Waals surface area contributed by atoms with Crippen LogP contribution < -0.4 is 10.1 Å². The lowest BCUT2D eigenvalue weighted by molar-refractivity contribution is 0.0679. The van der Waals surface area contributed by atoms with Crippen molar-refractivity contribution in [2.75, 3.05) is 24.7 Å². The number of sulfone groups is 1. The van der Waals surface area contributed by atoms with Crippen molar-refractivity contribution in [2.45, 2.75) is 31.4 Å². The van der Waals surface area contributed by atoms with E-state index >= 15 is 0 Å². The van der Waals surface area contributed by atoms with Crippen LogP contribution in [0.25, 0.3) is 0 Å². The number of benzene rings is 1. The minimum absolute atomic E-state index is 0.0218. The van der Waals surface area contributed by atoms with Crippen molar-refractivity contribution >= 4 is 15.7 Å². The van der Waals surface area contributed by atoms with Gasteiger partial charge in [0.25, 0.3) is 5.91 Å². The van der Waals surface area contributed by atoms with Gasteiger partial charge in [0.05, 0.1) is 17.6 Å². The lowest BCUT2D eigenvalue weighted by Crippen LogP contribution is -2.35.